The summed E-state index contributed by atoms with van der Waals surface area (Å²) >= 11 is 0. The predicted octanol–water partition coefficient (Wildman–Crippen LogP) is 0.389. The van der Waals surface area contributed by atoms with E-state index in [1.807, 2.05) is 6.92 Å². The van der Waals surface area contributed by atoms with Gasteiger partial charge in [0.15, 0.2) is 0 Å². The Hall–Kier alpha value is -0.420. The second kappa shape index (κ2) is 7.64. The lowest BCUT2D eigenvalue weighted by Gasteiger charge is -2.36. The molecule has 2 N–H and O–H groups in total. The van der Waals surface area contributed by atoms with Crippen LogP contribution in [0.25, 0.3) is 0 Å². The van der Waals surface area contributed by atoms with Gasteiger partial charge in [0, 0.05) is 45.8 Å². The molecule has 2 unspecified atom stereocenters. The van der Waals surface area contributed by atoms with E-state index in [9.17, 15) is 21.6 Å². The van der Waals surface area contributed by atoms with Crippen LogP contribution in [0.1, 0.15) is 19.8 Å². The first kappa shape index (κ1) is 18.9. The smallest absolute Gasteiger partial charge is 0.314 e. The first-order valence-electron chi connectivity index (χ1n) is 7.96. The summed E-state index contributed by atoms with van der Waals surface area (Å²) in [5, 5.41) is 2.99. The van der Waals surface area contributed by atoms with Crippen LogP contribution in [0.2, 0.25) is 0 Å². The summed E-state index contributed by atoms with van der Waals surface area (Å²) in [4.78, 5) is 1.29. The van der Waals surface area contributed by atoms with Crippen LogP contribution in [-0.4, -0.2) is 75.7 Å². The number of nitrogens with one attached hydrogen (secondary N) is 2. The van der Waals surface area contributed by atoms with Gasteiger partial charge in [-0.15, -0.1) is 0 Å². The fourth-order valence-corrected chi connectivity index (χ4v) is 4.46. The van der Waals surface area contributed by atoms with Gasteiger partial charge >= 0.3 is 6.18 Å². The molecule has 2 aliphatic rings. The molecule has 0 bridgehead atoms. The number of halogens is 3. The Labute approximate surface area is 135 Å². The van der Waals surface area contributed by atoms with Crippen molar-refractivity contribution in [3.63, 3.8) is 0 Å². The second-order valence-electron chi connectivity index (χ2n) is 6.30. The molecule has 2 saturated heterocycles. The first-order chi connectivity index (χ1) is 10.7. The molecule has 0 aromatic heterocycles. The highest BCUT2D eigenvalue weighted by Gasteiger charge is 2.44. The Balaban J connectivity index is 1.99. The first-order valence-corrected chi connectivity index (χ1v) is 9.40. The minimum Gasteiger partial charge on any atom is -0.314 e. The van der Waals surface area contributed by atoms with Gasteiger partial charge in [0.1, 0.15) is 6.04 Å². The summed E-state index contributed by atoms with van der Waals surface area (Å²) in [6, 6.07) is -1.79. The van der Waals surface area contributed by atoms with Crippen molar-refractivity contribution >= 4 is 10.2 Å². The molecule has 0 radical (unpaired) electrons. The minimum absolute atomic E-state index is 0.229. The van der Waals surface area contributed by atoms with Crippen molar-refractivity contribution in [1.29, 1.82) is 0 Å². The van der Waals surface area contributed by atoms with Crippen LogP contribution in [0.4, 0.5) is 13.2 Å². The van der Waals surface area contributed by atoms with Crippen molar-refractivity contribution in [2.24, 2.45) is 5.92 Å². The van der Waals surface area contributed by atoms with E-state index < -0.39 is 29.0 Å². The van der Waals surface area contributed by atoms with Crippen molar-refractivity contribution in [1.82, 2.24) is 19.2 Å². The average Bonchev–Trinajstić information content (AvgIpc) is 2.47. The van der Waals surface area contributed by atoms with Gasteiger partial charge in [0.2, 0.25) is 0 Å². The molecule has 2 heterocycles. The molecule has 2 aliphatic heterocycles. The zero-order chi connectivity index (χ0) is 17.1. The molecule has 0 spiro atoms. The SMILES string of the molecule is CC1CCCN(S(=O)(=O)NCC(N2CCNCC2)C(F)(F)F)C1. The van der Waals surface area contributed by atoms with Crippen molar-refractivity contribution in [2.75, 3.05) is 45.8 Å². The molecule has 2 rings (SSSR count). The maximum atomic E-state index is 13.3. The number of hydrogen-bond donors (Lipinski definition) is 2. The van der Waals surface area contributed by atoms with E-state index in [0.29, 0.717) is 26.2 Å². The molecule has 0 aliphatic carbocycles. The third-order valence-corrected chi connectivity index (χ3v) is 5.93. The van der Waals surface area contributed by atoms with Crippen molar-refractivity contribution in [3.05, 3.63) is 0 Å². The highest BCUT2D eigenvalue weighted by atomic mass is 32.2. The number of nitrogens with zero attached hydrogens (tertiary/aromatic N) is 2. The van der Waals surface area contributed by atoms with Crippen LogP contribution in [0.3, 0.4) is 0 Å². The van der Waals surface area contributed by atoms with Gasteiger partial charge in [-0.2, -0.15) is 25.9 Å². The fraction of sp³-hybridized carbons (Fsp3) is 1.00. The Kier molecular flexibility index (Phi) is 6.28. The number of alkyl halides is 3. The molecular formula is C13H25F3N4O2S. The van der Waals surface area contributed by atoms with E-state index in [2.05, 4.69) is 10.0 Å². The maximum Gasteiger partial charge on any atom is 0.405 e. The zero-order valence-corrected chi connectivity index (χ0v) is 14.1. The van der Waals surface area contributed by atoms with E-state index in [0.717, 1.165) is 12.8 Å². The van der Waals surface area contributed by atoms with Gasteiger partial charge in [-0.1, -0.05) is 6.92 Å². The van der Waals surface area contributed by atoms with Gasteiger partial charge in [-0.25, -0.2) is 4.72 Å². The summed E-state index contributed by atoms with van der Waals surface area (Å²) < 4.78 is 67.8. The Morgan fingerprint density at radius 3 is 2.48 bits per heavy atom. The standard InChI is InChI=1S/C13H25F3N4O2S/c1-11-3-2-6-20(10-11)23(21,22)18-9-12(13(14,15)16)19-7-4-17-5-8-19/h11-12,17-18H,2-10H2,1H3. The normalized spacial score (nSPS) is 27.0. The van der Waals surface area contributed by atoms with Gasteiger partial charge in [0.25, 0.3) is 10.2 Å². The van der Waals surface area contributed by atoms with Crippen molar-refractivity contribution in [2.45, 2.75) is 32.0 Å². The number of hydrogen-bond acceptors (Lipinski definition) is 4. The van der Waals surface area contributed by atoms with Crippen LogP contribution in [0.15, 0.2) is 0 Å². The molecule has 0 aromatic carbocycles. The molecular weight excluding hydrogens is 333 g/mol. The monoisotopic (exact) mass is 358 g/mol. The Bertz CT molecular complexity index is 480. The summed E-state index contributed by atoms with van der Waals surface area (Å²) in [6.45, 7) is 3.49. The molecule has 10 heteroatoms. The molecule has 6 nitrogen and oxygen atoms in total. The van der Waals surface area contributed by atoms with Crippen LogP contribution < -0.4 is 10.0 Å². The maximum absolute atomic E-state index is 13.3. The highest BCUT2D eigenvalue weighted by molar-refractivity contribution is 7.87. The summed E-state index contributed by atoms with van der Waals surface area (Å²) in [7, 11) is -3.87. The molecule has 0 aromatic rings. The third-order valence-electron chi connectivity index (χ3n) is 4.39. The van der Waals surface area contributed by atoms with Crippen LogP contribution in [0.5, 0.6) is 0 Å². The molecule has 136 valence electrons. The third kappa shape index (κ3) is 5.28. The molecule has 0 amide bonds. The Morgan fingerprint density at radius 2 is 1.91 bits per heavy atom. The van der Waals surface area contributed by atoms with Gasteiger partial charge < -0.3 is 5.32 Å². The van der Waals surface area contributed by atoms with Gasteiger partial charge in [0.05, 0.1) is 0 Å². The zero-order valence-electron chi connectivity index (χ0n) is 13.3. The number of rotatable bonds is 5. The lowest BCUT2D eigenvalue weighted by atomic mass is 10.0. The molecule has 0 saturated carbocycles. The van der Waals surface area contributed by atoms with E-state index in [-0.39, 0.29) is 19.0 Å². The Morgan fingerprint density at radius 1 is 1.26 bits per heavy atom. The summed E-state index contributed by atoms with van der Waals surface area (Å²) in [5.74, 6) is 0.229. The quantitative estimate of drug-likeness (QED) is 0.746. The van der Waals surface area contributed by atoms with Crippen LogP contribution >= 0.6 is 0 Å². The molecule has 23 heavy (non-hydrogen) atoms. The summed E-state index contributed by atoms with van der Waals surface area (Å²) in [6.07, 6.45) is -2.78. The van der Waals surface area contributed by atoms with Crippen LogP contribution in [-0.2, 0) is 10.2 Å². The molecule has 2 atom stereocenters. The number of piperazine rings is 1. The average molecular weight is 358 g/mol. The lowest BCUT2D eigenvalue weighted by molar-refractivity contribution is -0.182. The highest BCUT2D eigenvalue weighted by Crippen LogP contribution is 2.25. The topological polar surface area (TPSA) is 64.7 Å². The van der Waals surface area contributed by atoms with E-state index >= 15 is 0 Å². The van der Waals surface area contributed by atoms with E-state index in [4.69, 9.17) is 0 Å². The lowest BCUT2D eigenvalue weighted by Crippen LogP contribution is -2.58. The van der Waals surface area contributed by atoms with E-state index in [1.54, 1.807) is 0 Å². The van der Waals surface area contributed by atoms with Crippen molar-refractivity contribution < 1.29 is 21.6 Å². The fourth-order valence-electron chi connectivity index (χ4n) is 3.09. The molecule has 2 fully saturated rings. The van der Waals surface area contributed by atoms with Crippen molar-refractivity contribution in [3.8, 4) is 0 Å². The van der Waals surface area contributed by atoms with Gasteiger partial charge in [-0.3, -0.25) is 4.90 Å². The second-order valence-corrected chi connectivity index (χ2v) is 8.06. The minimum atomic E-state index is -4.46. The number of piperidine rings is 1. The summed E-state index contributed by atoms with van der Waals surface area (Å²) in [5.41, 5.74) is 0. The van der Waals surface area contributed by atoms with E-state index in [1.165, 1.54) is 9.21 Å². The van der Waals surface area contributed by atoms with Gasteiger partial charge in [-0.05, 0) is 18.8 Å². The largest absolute Gasteiger partial charge is 0.405 e. The van der Waals surface area contributed by atoms with Crippen LogP contribution in [0, 0.1) is 5.92 Å². The predicted molar refractivity (Wildman–Crippen MR) is 81.2 cm³/mol.